The minimum Gasteiger partial charge on any atom is -0.459 e. The predicted octanol–water partition coefficient (Wildman–Crippen LogP) is 1.50. The second-order valence-corrected chi connectivity index (χ2v) is 17.9. The van der Waals surface area contributed by atoms with Crippen LogP contribution in [0.5, 0.6) is 0 Å². The van der Waals surface area contributed by atoms with Gasteiger partial charge in [0.1, 0.15) is 35.3 Å². The fourth-order valence-electron chi connectivity index (χ4n) is 8.77. The van der Waals surface area contributed by atoms with E-state index in [-0.39, 0.29) is 25.0 Å². The second kappa shape index (κ2) is 16.9. The largest absolute Gasteiger partial charge is 0.459 e. The van der Waals surface area contributed by atoms with Gasteiger partial charge in [0.25, 0.3) is 0 Å². The molecule has 0 bridgehead atoms. The Morgan fingerprint density at radius 3 is 1.98 bits per heavy atom. The number of carbonyl (C=O) groups excluding carboxylic acids is 2. The molecule has 0 spiro atoms. The molecule has 0 aromatic carbocycles. The van der Waals surface area contributed by atoms with Gasteiger partial charge in [0.2, 0.25) is 0 Å². The van der Waals surface area contributed by atoms with Crippen molar-refractivity contribution in [3.05, 3.63) is 0 Å². The zero-order valence-corrected chi connectivity index (χ0v) is 35.2. The van der Waals surface area contributed by atoms with Crippen LogP contribution in [0.2, 0.25) is 0 Å². The lowest BCUT2D eigenvalue weighted by molar-refractivity contribution is -0.343. The number of carbonyl (C=O) groups is 2. The van der Waals surface area contributed by atoms with Crippen molar-refractivity contribution in [2.24, 2.45) is 28.9 Å². The average Bonchev–Trinajstić information content (AvgIpc) is 3.09. The second-order valence-electron chi connectivity index (χ2n) is 17.9. The number of hydrogen-bond donors (Lipinski definition) is 6. The van der Waals surface area contributed by atoms with Crippen LogP contribution < -0.4 is 5.73 Å². The average molecular weight is 777 g/mol. The quantitative estimate of drug-likeness (QED) is 0.202. The van der Waals surface area contributed by atoms with Gasteiger partial charge >= 0.3 is 5.97 Å². The summed E-state index contributed by atoms with van der Waals surface area (Å²) < 4.78 is 37.8. The number of likely N-dealkylation sites (N-methyl/N-ethyl adjacent to an activating group) is 1. The van der Waals surface area contributed by atoms with Gasteiger partial charge < -0.3 is 64.6 Å². The summed E-state index contributed by atoms with van der Waals surface area (Å²) in [5.41, 5.74) is -1.77. The van der Waals surface area contributed by atoms with E-state index < -0.39 is 113 Å². The van der Waals surface area contributed by atoms with Crippen molar-refractivity contribution in [1.29, 1.82) is 0 Å². The lowest BCUT2D eigenvalue weighted by Crippen LogP contribution is -2.69. The summed E-state index contributed by atoms with van der Waals surface area (Å²) in [6, 6.07) is -1.72. The van der Waals surface area contributed by atoms with Gasteiger partial charge in [-0.05, 0) is 82.3 Å². The molecule has 7 N–H and O–H groups in total. The Morgan fingerprint density at radius 2 is 1.46 bits per heavy atom. The van der Waals surface area contributed by atoms with E-state index in [1.165, 1.54) is 34.8 Å². The minimum atomic E-state index is -2.10. The van der Waals surface area contributed by atoms with Gasteiger partial charge in [-0.15, -0.1) is 0 Å². The predicted molar refractivity (Wildman–Crippen MR) is 199 cm³/mol. The van der Waals surface area contributed by atoms with Crippen LogP contribution in [-0.4, -0.2) is 153 Å². The molecule has 0 saturated carbocycles. The number of methoxy groups -OCH3 is 1. The highest BCUT2D eigenvalue weighted by molar-refractivity contribution is 5.84. The third-order valence-corrected chi connectivity index (χ3v) is 13.5. The van der Waals surface area contributed by atoms with Crippen LogP contribution >= 0.6 is 0 Å². The van der Waals surface area contributed by atoms with E-state index in [4.69, 9.17) is 34.2 Å². The number of ketones is 1. The topological polar surface area (TPSA) is 220 Å². The van der Waals surface area contributed by atoms with Crippen molar-refractivity contribution in [3.63, 3.8) is 0 Å². The van der Waals surface area contributed by atoms with Crippen LogP contribution in [0.25, 0.3) is 0 Å². The van der Waals surface area contributed by atoms with Crippen molar-refractivity contribution in [3.8, 4) is 0 Å². The zero-order chi connectivity index (χ0) is 41.7. The lowest BCUT2D eigenvalue weighted by atomic mass is 9.63. The maximum Gasteiger partial charge on any atom is 0.314 e. The van der Waals surface area contributed by atoms with E-state index in [9.17, 15) is 35.1 Å². The Kier molecular flexibility index (Phi) is 14.7. The first kappa shape index (κ1) is 47.0. The van der Waals surface area contributed by atoms with Crippen molar-refractivity contribution in [1.82, 2.24) is 4.90 Å². The maximum atomic E-state index is 14.6. The highest BCUT2D eigenvalue weighted by atomic mass is 16.7. The molecule has 0 radical (unpaired) electrons. The minimum absolute atomic E-state index is 0.0399. The standard InChI is InChI=1S/C39H72N2O13/c1-16-25-37(10,47)30(44)21(4)27(42)20(3)29(40)38(11,48)32(53-33-28(43)24(41(13)14)17-19(2)50-33)22(5)39(12,35(7,8)34(46)52-25)54-26-18-36(9,49-15)31(45)23(6)51-26/h19-26,28-33,43-45,47-48H,16-18,40H2,1-15H3/t19-,20-,21-,22+,23-,24+,25+,26?,28-,29?,30+,31-,32+,33?,36+,37+,38+,39-/m0/s1. The zero-order valence-electron chi connectivity index (χ0n) is 35.2. The number of hydrogen-bond acceptors (Lipinski definition) is 15. The molecule has 15 heteroatoms. The smallest absolute Gasteiger partial charge is 0.314 e. The summed E-state index contributed by atoms with van der Waals surface area (Å²) in [7, 11) is 5.13. The van der Waals surface area contributed by atoms with Crippen LogP contribution in [0.4, 0.5) is 0 Å². The summed E-state index contributed by atoms with van der Waals surface area (Å²) in [6.45, 7) is 19.2. The van der Waals surface area contributed by atoms with Gasteiger partial charge in [0.15, 0.2) is 12.6 Å². The summed E-state index contributed by atoms with van der Waals surface area (Å²) in [5.74, 6) is -4.68. The first-order chi connectivity index (χ1) is 24.6. The maximum absolute atomic E-state index is 14.6. The van der Waals surface area contributed by atoms with Crippen molar-refractivity contribution in [2.75, 3.05) is 21.2 Å². The first-order valence-corrected chi connectivity index (χ1v) is 19.4. The third-order valence-electron chi connectivity index (χ3n) is 13.5. The van der Waals surface area contributed by atoms with Crippen LogP contribution in [0, 0.1) is 23.2 Å². The Bertz CT molecular complexity index is 1300. The van der Waals surface area contributed by atoms with Gasteiger partial charge in [-0.1, -0.05) is 27.7 Å². The van der Waals surface area contributed by atoms with Crippen LogP contribution in [-0.2, 0) is 38.0 Å². The van der Waals surface area contributed by atoms with Gasteiger partial charge in [-0.3, -0.25) is 9.59 Å². The van der Waals surface area contributed by atoms with Crippen molar-refractivity contribution in [2.45, 2.75) is 192 Å². The molecule has 15 nitrogen and oxygen atoms in total. The number of esters is 1. The molecule has 3 saturated heterocycles. The first-order valence-electron chi connectivity index (χ1n) is 19.4. The molecule has 0 amide bonds. The number of cyclic esters (lactones) is 1. The highest BCUT2D eigenvalue weighted by Crippen LogP contribution is 2.49. The van der Waals surface area contributed by atoms with Gasteiger partial charge in [0.05, 0.1) is 41.0 Å². The van der Waals surface area contributed by atoms with E-state index >= 15 is 0 Å². The van der Waals surface area contributed by atoms with Crippen molar-refractivity contribution >= 4 is 11.8 Å². The van der Waals surface area contributed by atoms with Gasteiger partial charge in [-0.25, -0.2) is 0 Å². The molecule has 54 heavy (non-hydrogen) atoms. The lowest BCUT2D eigenvalue weighted by Gasteiger charge is -2.55. The summed E-state index contributed by atoms with van der Waals surface area (Å²) in [6.07, 6.45) is -9.38. The molecule has 316 valence electrons. The molecule has 3 aliphatic rings. The van der Waals surface area contributed by atoms with Crippen LogP contribution in [0.1, 0.15) is 102 Å². The normalized spacial score (nSPS) is 50.0. The summed E-state index contributed by atoms with van der Waals surface area (Å²) in [4.78, 5) is 30.6. The van der Waals surface area contributed by atoms with Gasteiger partial charge in [-0.2, -0.15) is 0 Å². The molecule has 3 rings (SSSR count). The van der Waals surface area contributed by atoms with E-state index in [0.29, 0.717) is 6.42 Å². The Hall–Kier alpha value is -1.34. The number of Topliss-reactive ketones (excluding diaryl/α,β-unsaturated/α-hetero) is 1. The summed E-state index contributed by atoms with van der Waals surface area (Å²) in [5, 5.41) is 58.6. The van der Waals surface area contributed by atoms with E-state index in [0.717, 1.165) is 0 Å². The SMILES string of the molecule is CC[C@H]1OC(=O)C(C)(C)[C@@](C)(OC2C[C@@](C)(OC)[C@@H](O)[C@H](C)O2)[C@H](C)[C@@H](OC2O[C@@H](C)C[C@@H](N(C)C)[C@@H]2O)[C@](C)(O)C(N)[C@@H](C)C(=O)[C@H](C)[C@@H](O)[C@]1(C)O. The molecule has 18 atom stereocenters. The fraction of sp³-hybridized carbons (Fsp3) is 0.949. The molecular formula is C39H72N2O13. The fourth-order valence-corrected chi connectivity index (χ4v) is 8.77. The number of rotatable bonds is 7. The van der Waals surface area contributed by atoms with E-state index in [1.807, 2.05) is 25.9 Å². The molecular weight excluding hydrogens is 704 g/mol. The molecule has 3 heterocycles. The number of aliphatic hydroxyl groups excluding tert-OH is 3. The molecule has 3 unspecified atom stereocenters. The van der Waals surface area contributed by atoms with Crippen LogP contribution in [0.15, 0.2) is 0 Å². The molecule has 3 fully saturated rings. The number of aliphatic hydroxyl groups is 5. The number of ether oxygens (including phenoxy) is 6. The van der Waals surface area contributed by atoms with Crippen molar-refractivity contribution < 1.29 is 63.5 Å². The molecule has 0 aromatic heterocycles. The number of nitrogens with two attached hydrogens (primary N) is 1. The highest BCUT2D eigenvalue weighted by Gasteiger charge is 2.62. The molecule has 3 aliphatic heterocycles. The Balaban J connectivity index is 2.34. The van der Waals surface area contributed by atoms with Gasteiger partial charge in [0, 0.05) is 43.4 Å². The van der Waals surface area contributed by atoms with E-state index in [2.05, 4.69) is 0 Å². The summed E-state index contributed by atoms with van der Waals surface area (Å²) >= 11 is 0. The Morgan fingerprint density at radius 1 is 0.889 bits per heavy atom. The monoisotopic (exact) mass is 777 g/mol. The third kappa shape index (κ3) is 8.58. The van der Waals surface area contributed by atoms with E-state index in [1.54, 1.807) is 48.5 Å². The van der Waals surface area contributed by atoms with Crippen LogP contribution in [0.3, 0.4) is 0 Å². The molecule has 0 aliphatic carbocycles. The number of nitrogens with zero attached hydrogens (tertiary/aromatic N) is 1. The Labute approximate surface area is 322 Å². The molecule has 0 aromatic rings.